The highest BCUT2D eigenvalue weighted by Gasteiger charge is 2.35. The molecule has 0 spiro atoms. The van der Waals surface area contributed by atoms with Gasteiger partial charge in [0.05, 0.1) is 17.7 Å². The van der Waals surface area contributed by atoms with Crippen LogP contribution in [0.4, 0.5) is 5.69 Å². The lowest BCUT2D eigenvalue weighted by Crippen LogP contribution is -2.55. The fraction of sp³-hybridized carbons (Fsp3) is 0.333. The van der Waals surface area contributed by atoms with Crippen LogP contribution in [0.1, 0.15) is 54.4 Å². The molecule has 1 aliphatic rings. The number of rotatable bonds is 13. The van der Waals surface area contributed by atoms with Gasteiger partial charge in [-0.15, -0.1) is 0 Å². The molecule has 1 saturated carbocycles. The Morgan fingerprint density at radius 1 is 0.878 bits per heavy atom. The van der Waals surface area contributed by atoms with Gasteiger partial charge in [0, 0.05) is 24.0 Å². The molecule has 1 aliphatic carbocycles. The number of nitrogens with one attached hydrogen (secondary N) is 1. The Kier molecular flexibility index (Phi) is 12.0. The first kappa shape index (κ1) is 36.0. The topological polar surface area (TPSA) is 96.0 Å². The molecule has 0 bridgehead atoms. The quantitative estimate of drug-likeness (QED) is 0.159. The fourth-order valence-corrected chi connectivity index (χ4v) is 7.75. The van der Waals surface area contributed by atoms with Crippen molar-refractivity contribution in [3.63, 3.8) is 0 Å². The Morgan fingerprint density at radius 2 is 1.57 bits per heavy atom. The number of carbonyl (C=O) groups is 2. The zero-order valence-corrected chi connectivity index (χ0v) is 29.8. The van der Waals surface area contributed by atoms with Crippen LogP contribution in [-0.4, -0.2) is 50.9 Å². The summed E-state index contributed by atoms with van der Waals surface area (Å²) in [6.07, 6.45) is 5.21. The lowest BCUT2D eigenvalue weighted by molar-refractivity contribution is -0.140. The lowest BCUT2D eigenvalue weighted by Gasteiger charge is -2.35. The molecule has 2 amide bonds. The molecule has 8 nitrogen and oxygen atoms in total. The summed E-state index contributed by atoms with van der Waals surface area (Å²) in [5.74, 6) is -0.192. The summed E-state index contributed by atoms with van der Waals surface area (Å²) >= 11 is 6.50. The van der Waals surface area contributed by atoms with E-state index in [1.54, 1.807) is 37.4 Å². The zero-order valence-electron chi connectivity index (χ0n) is 28.3. The highest BCUT2D eigenvalue weighted by Crippen LogP contribution is 2.29. The number of methoxy groups -OCH3 is 1. The van der Waals surface area contributed by atoms with Crippen LogP contribution < -0.4 is 14.4 Å². The average Bonchev–Trinajstić information content (AvgIpc) is 3.11. The van der Waals surface area contributed by atoms with E-state index in [0.717, 1.165) is 58.7 Å². The van der Waals surface area contributed by atoms with Crippen molar-refractivity contribution in [3.8, 4) is 5.75 Å². The third kappa shape index (κ3) is 9.22. The molecule has 0 aliphatic heterocycles. The predicted molar refractivity (Wildman–Crippen MR) is 194 cm³/mol. The third-order valence-electron chi connectivity index (χ3n) is 9.04. The van der Waals surface area contributed by atoms with Gasteiger partial charge in [-0.1, -0.05) is 97.1 Å². The molecule has 1 fully saturated rings. The first-order valence-corrected chi connectivity index (χ1v) is 18.5. The van der Waals surface area contributed by atoms with Crippen LogP contribution in [0.3, 0.4) is 0 Å². The summed E-state index contributed by atoms with van der Waals surface area (Å²) in [5.41, 5.74) is 3.53. The van der Waals surface area contributed by atoms with Gasteiger partial charge < -0.3 is 15.0 Å². The molecule has 258 valence electrons. The minimum atomic E-state index is -4.23. The van der Waals surface area contributed by atoms with Crippen molar-refractivity contribution in [2.75, 3.05) is 18.0 Å². The van der Waals surface area contributed by atoms with Crippen molar-refractivity contribution in [1.82, 2.24) is 10.2 Å². The van der Waals surface area contributed by atoms with Crippen LogP contribution >= 0.6 is 11.6 Å². The third-order valence-corrected chi connectivity index (χ3v) is 11.2. The van der Waals surface area contributed by atoms with Crippen LogP contribution in [-0.2, 0) is 32.6 Å². The molecule has 49 heavy (non-hydrogen) atoms. The highest BCUT2D eigenvalue weighted by atomic mass is 35.5. The summed E-state index contributed by atoms with van der Waals surface area (Å²) in [6.45, 7) is 3.20. The van der Waals surface area contributed by atoms with E-state index >= 15 is 0 Å². The molecular weight excluding hydrogens is 658 g/mol. The number of sulfonamides is 1. The Labute approximate surface area is 295 Å². The van der Waals surface area contributed by atoms with E-state index in [1.807, 2.05) is 68.4 Å². The molecule has 0 aromatic heterocycles. The SMILES string of the molecule is COc1cccc(CN(C(=O)CN(c2ccc(C)c(Cl)c2)S(=O)(=O)c2ccc(C)cc2)[C@H](Cc2ccccc2)C(=O)NC2CCCCC2)c1. The second kappa shape index (κ2) is 16.4. The molecule has 1 atom stereocenters. The minimum absolute atomic E-state index is 0.0152. The van der Waals surface area contributed by atoms with Gasteiger partial charge in [0.25, 0.3) is 10.0 Å². The molecule has 0 heterocycles. The summed E-state index contributed by atoms with van der Waals surface area (Å²) in [4.78, 5) is 30.6. The van der Waals surface area contributed by atoms with Crippen LogP contribution in [0, 0.1) is 13.8 Å². The Morgan fingerprint density at radius 3 is 2.24 bits per heavy atom. The molecule has 0 saturated heterocycles. The maximum absolute atomic E-state index is 14.8. The van der Waals surface area contributed by atoms with E-state index in [4.69, 9.17) is 16.3 Å². The van der Waals surface area contributed by atoms with Crippen molar-refractivity contribution < 1.29 is 22.7 Å². The maximum atomic E-state index is 14.8. The first-order chi connectivity index (χ1) is 23.5. The van der Waals surface area contributed by atoms with Gasteiger partial charge in [0.15, 0.2) is 0 Å². The van der Waals surface area contributed by atoms with Gasteiger partial charge in [0.2, 0.25) is 11.8 Å². The largest absolute Gasteiger partial charge is 0.497 e. The second-order valence-corrected chi connectivity index (χ2v) is 14.9. The number of anilines is 1. The summed E-state index contributed by atoms with van der Waals surface area (Å²) in [6, 6.07) is 27.4. The van der Waals surface area contributed by atoms with Gasteiger partial charge in [0.1, 0.15) is 18.3 Å². The molecular formula is C39H44ClN3O5S. The van der Waals surface area contributed by atoms with E-state index in [9.17, 15) is 18.0 Å². The number of carbonyl (C=O) groups excluding carboxylic acids is 2. The van der Waals surface area contributed by atoms with Gasteiger partial charge in [-0.3, -0.25) is 13.9 Å². The number of aryl methyl sites for hydroxylation is 2. The van der Waals surface area contributed by atoms with Crippen LogP contribution in [0.15, 0.2) is 102 Å². The predicted octanol–water partition coefficient (Wildman–Crippen LogP) is 7.25. The smallest absolute Gasteiger partial charge is 0.264 e. The molecule has 4 aromatic carbocycles. The van der Waals surface area contributed by atoms with Crippen molar-refractivity contribution >= 4 is 39.1 Å². The minimum Gasteiger partial charge on any atom is -0.497 e. The standard InChI is InChI=1S/C39H44ClN3O5S/c1-28-17-21-35(22-18-28)49(46,47)43(33-20-19-29(2)36(40)25-33)27-38(44)42(26-31-13-10-16-34(23-31)48-3)37(24-30-11-6-4-7-12-30)39(45)41-32-14-8-5-9-15-32/h4,6-7,10-13,16-23,25,32,37H,5,8-9,14-15,24,26-27H2,1-3H3,(H,41,45)/t37-/m1/s1. The van der Waals surface area contributed by atoms with Crippen molar-refractivity contribution in [2.24, 2.45) is 0 Å². The summed E-state index contributed by atoms with van der Waals surface area (Å²) in [5, 5.41) is 3.61. The monoisotopic (exact) mass is 701 g/mol. The molecule has 0 radical (unpaired) electrons. The number of hydrogen-bond acceptors (Lipinski definition) is 5. The number of ether oxygens (including phenoxy) is 1. The highest BCUT2D eigenvalue weighted by molar-refractivity contribution is 7.92. The van der Waals surface area contributed by atoms with Crippen molar-refractivity contribution in [3.05, 3.63) is 124 Å². The molecule has 0 unspecified atom stereocenters. The number of amides is 2. The van der Waals surface area contributed by atoms with Gasteiger partial charge >= 0.3 is 0 Å². The first-order valence-electron chi connectivity index (χ1n) is 16.7. The molecule has 5 rings (SSSR count). The Hall–Kier alpha value is -4.34. The Bertz CT molecular complexity index is 1840. The normalized spacial score (nSPS) is 14.1. The van der Waals surface area contributed by atoms with Gasteiger partial charge in [-0.2, -0.15) is 0 Å². The van der Waals surface area contributed by atoms with E-state index in [0.29, 0.717) is 10.8 Å². The molecule has 1 N–H and O–H groups in total. The fourth-order valence-electron chi connectivity index (χ4n) is 6.17. The molecule has 4 aromatic rings. The molecule has 10 heteroatoms. The van der Waals surface area contributed by atoms with Crippen LogP contribution in [0.2, 0.25) is 5.02 Å². The second-order valence-electron chi connectivity index (χ2n) is 12.7. The van der Waals surface area contributed by atoms with E-state index in [2.05, 4.69) is 5.32 Å². The average molecular weight is 702 g/mol. The van der Waals surface area contributed by atoms with Crippen molar-refractivity contribution in [1.29, 1.82) is 0 Å². The number of nitrogens with zero attached hydrogens (tertiary/aromatic N) is 2. The zero-order chi connectivity index (χ0) is 35.0. The van der Waals surface area contributed by atoms with Crippen molar-refractivity contribution in [2.45, 2.75) is 75.9 Å². The van der Waals surface area contributed by atoms with E-state index in [1.165, 1.54) is 17.0 Å². The van der Waals surface area contributed by atoms with Gasteiger partial charge in [-0.05, 0) is 79.8 Å². The van der Waals surface area contributed by atoms with Crippen LogP contribution in [0.25, 0.3) is 0 Å². The lowest BCUT2D eigenvalue weighted by atomic mass is 9.94. The van der Waals surface area contributed by atoms with E-state index < -0.39 is 28.5 Å². The summed E-state index contributed by atoms with van der Waals surface area (Å²) < 4.78 is 35.2. The maximum Gasteiger partial charge on any atom is 0.264 e. The number of halogens is 1. The Balaban J connectivity index is 1.58. The van der Waals surface area contributed by atoms with Gasteiger partial charge in [-0.25, -0.2) is 8.42 Å². The number of benzene rings is 4. The van der Waals surface area contributed by atoms with E-state index in [-0.39, 0.29) is 35.5 Å². The van der Waals surface area contributed by atoms with Crippen LogP contribution in [0.5, 0.6) is 5.75 Å². The summed E-state index contributed by atoms with van der Waals surface area (Å²) in [7, 11) is -2.67. The number of hydrogen-bond donors (Lipinski definition) is 1.